The summed E-state index contributed by atoms with van der Waals surface area (Å²) in [6.45, 7) is 3.89. The zero-order valence-corrected chi connectivity index (χ0v) is 11.9. The van der Waals surface area contributed by atoms with Crippen LogP contribution in [0.25, 0.3) is 0 Å². The van der Waals surface area contributed by atoms with E-state index in [1.807, 2.05) is 6.07 Å². The van der Waals surface area contributed by atoms with Crippen molar-refractivity contribution in [2.45, 2.75) is 26.3 Å². The molecule has 0 heterocycles. The van der Waals surface area contributed by atoms with Crippen molar-refractivity contribution in [1.29, 1.82) is 5.26 Å². The second-order valence-corrected chi connectivity index (χ2v) is 5.00. The van der Waals surface area contributed by atoms with Gasteiger partial charge in [0.25, 0.3) is 0 Å². The van der Waals surface area contributed by atoms with Crippen molar-refractivity contribution < 1.29 is 0 Å². The molecule has 2 aromatic carbocycles. The highest BCUT2D eigenvalue weighted by Crippen LogP contribution is 2.18. The number of rotatable bonds is 6. The number of nitriles is 1. The predicted octanol–water partition coefficient (Wildman–Crippen LogP) is 4.31. The highest BCUT2D eigenvalue weighted by atomic mass is 15.1. The van der Waals surface area contributed by atoms with Gasteiger partial charge in [0, 0.05) is 25.2 Å². The van der Waals surface area contributed by atoms with Crippen molar-refractivity contribution in [2.75, 3.05) is 11.4 Å². The molecule has 0 radical (unpaired) electrons. The first-order valence-electron chi connectivity index (χ1n) is 7.02. The monoisotopic (exact) mass is 264 g/mol. The van der Waals surface area contributed by atoms with Crippen LogP contribution in [0.3, 0.4) is 0 Å². The average molecular weight is 264 g/mol. The number of hydrogen-bond acceptors (Lipinski definition) is 2. The highest BCUT2D eigenvalue weighted by Gasteiger charge is 2.07. The van der Waals surface area contributed by atoms with Gasteiger partial charge in [0.2, 0.25) is 0 Å². The number of unbranched alkanes of at least 4 members (excludes halogenated alkanes) is 1. The topological polar surface area (TPSA) is 27.0 Å². The molecule has 0 bridgehead atoms. The summed E-state index contributed by atoms with van der Waals surface area (Å²) < 4.78 is 0. The Balaban J connectivity index is 2.12. The Labute approximate surface area is 121 Å². The van der Waals surface area contributed by atoms with Crippen molar-refractivity contribution in [3.63, 3.8) is 0 Å². The summed E-state index contributed by atoms with van der Waals surface area (Å²) in [5.41, 5.74) is 3.79. The molecule has 102 valence electrons. The summed E-state index contributed by atoms with van der Waals surface area (Å²) in [5.74, 6) is 0. The van der Waals surface area contributed by atoms with Gasteiger partial charge in [0.15, 0.2) is 0 Å². The molecule has 0 spiro atoms. The van der Waals surface area contributed by atoms with Gasteiger partial charge >= 0.3 is 0 Å². The summed E-state index contributed by atoms with van der Waals surface area (Å²) in [7, 11) is 0. The van der Waals surface area contributed by atoms with Crippen LogP contribution in [0.15, 0.2) is 54.6 Å². The maximum Gasteiger partial charge on any atom is 0.0622 e. The van der Waals surface area contributed by atoms with E-state index in [1.165, 1.54) is 16.8 Å². The predicted molar refractivity (Wildman–Crippen MR) is 83.5 cm³/mol. The second kappa shape index (κ2) is 7.35. The molecule has 2 rings (SSSR count). The third kappa shape index (κ3) is 4.13. The Morgan fingerprint density at radius 2 is 1.70 bits per heavy atom. The van der Waals surface area contributed by atoms with E-state index in [9.17, 15) is 0 Å². The standard InChI is InChI=1S/C18H20N2/c1-16-9-11-18(12-10-16)20(14-6-5-13-19)15-17-7-3-2-4-8-17/h2-4,7-12H,5-6,14-15H2,1H3. The molecule has 0 aliphatic carbocycles. The van der Waals surface area contributed by atoms with Gasteiger partial charge in [-0.1, -0.05) is 48.0 Å². The van der Waals surface area contributed by atoms with Gasteiger partial charge in [-0.05, 0) is 31.0 Å². The minimum Gasteiger partial charge on any atom is -0.367 e. The Bertz CT molecular complexity index is 552. The maximum atomic E-state index is 8.71. The van der Waals surface area contributed by atoms with Gasteiger partial charge in [0.05, 0.1) is 6.07 Å². The molecule has 0 fully saturated rings. The molecule has 0 N–H and O–H groups in total. The minimum atomic E-state index is 0.608. The minimum absolute atomic E-state index is 0.608. The van der Waals surface area contributed by atoms with E-state index in [1.54, 1.807) is 0 Å². The van der Waals surface area contributed by atoms with Crippen molar-refractivity contribution in [1.82, 2.24) is 0 Å². The van der Waals surface area contributed by atoms with Crippen LogP contribution < -0.4 is 4.90 Å². The molecule has 0 aliphatic heterocycles. The Kier molecular flexibility index (Phi) is 5.20. The fourth-order valence-corrected chi connectivity index (χ4v) is 2.21. The lowest BCUT2D eigenvalue weighted by atomic mass is 10.1. The molecule has 0 aromatic heterocycles. The van der Waals surface area contributed by atoms with Crippen LogP contribution >= 0.6 is 0 Å². The summed E-state index contributed by atoms with van der Waals surface area (Å²) in [4.78, 5) is 2.34. The van der Waals surface area contributed by atoms with Crippen LogP contribution in [0.5, 0.6) is 0 Å². The molecule has 0 unspecified atom stereocenters. The van der Waals surface area contributed by atoms with Gasteiger partial charge < -0.3 is 4.90 Å². The van der Waals surface area contributed by atoms with E-state index in [0.717, 1.165) is 19.5 Å². The van der Waals surface area contributed by atoms with Gasteiger partial charge in [-0.25, -0.2) is 0 Å². The molecule has 0 amide bonds. The lowest BCUT2D eigenvalue weighted by Gasteiger charge is -2.25. The van der Waals surface area contributed by atoms with Crippen LogP contribution in [0.2, 0.25) is 0 Å². The van der Waals surface area contributed by atoms with E-state index in [-0.39, 0.29) is 0 Å². The zero-order chi connectivity index (χ0) is 14.2. The smallest absolute Gasteiger partial charge is 0.0622 e. The molecule has 0 saturated heterocycles. The van der Waals surface area contributed by atoms with Crippen molar-refractivity contribution in [2.24, 2.45) is 0 Å². The molecular formula is C18H20N2. The SMILES string of the molecule is Cc1ccc(N(CCCC#N)Cc2ccccc2)cc1. The molecule has 0 saturated carbocycles. The van der Waals surface area contributed by atoms with Crippen LogP contribution in [-0.4, -0.2) is 6.54 Å². The highest BCUT2D eigenvalue weighted by molar-refractivity contribution is 5.48. The van der Waals surface area contributed by atoms with Crippen LogP contribution in [-0.2, 0) is 6.54 Å². The maximum absolute atomic E-state index is 8.71. The molecule has 2 aromatic rings. The zero-order valence-electron chi connectivity index (χ0n) is 11.9. The second-order valence-electron chi connectivity index (χ2n) is 5.00. The van der Waals surface area contributed by atoms with Crippen LogP contribution in [0.4, 0.5) is 5.69 Å². The lowest BCUT2D eigenvalue weighted by molar-refractivity contribution is 0.741. The fourth-order valence-electron chi connectivity index (χ4n) is 2.21. The number of nitrogens with zero attached hydrogens (tertiary/aromatic N) is 2. The number of hydrogen-bond donors (Lipinski definition) is 0. The normalized spacial score (nSPS) is 10.0. The Morgan fingerprint density at radius 3 is 2.35 bits per heavy atom. The van der Waals surface area contributed by atoms with Gasteiger partial charge in [-0.3, -0.25) is 0 Å². The first-order valence-corrected chi connectivity index (χ1v) is 7.02. The van der Waals surface area contributed by atoms with Gasteiger partial charge in [-0.2, -0.15) is 5.26 Å². The Morgan fingerprint density at radius 1 is 1.00 bits per heavy atom. The largest absolute Gasteiger partial charge is 0.367 e. The third-order valence-electron chi connectivity index (χ3n) is 3.33. The fraction of sp³-hybridized carbons (Fsp3) is 0.278. The van der Waals surface area contributed by atoms with Crippen molar-refractivity contribution >= 4 is 5.69 Å². The third-order valence-corrected chi connectivity index (χ3v) is 3.33. The first-order chi connectivity index (χ1) is 9.79. The summed E-state index contributed by atoms with van der Waals surface area (Å²) in [5, 5.41) is 8.71. The summed E-state index contributed by atoms with van der Waals surface area (Å²) in [6, 6.07) is 21.3. The Hall–Kier alpha value is -2.27. The van der Waals surface area contributed by atoms with Crippen molar-refractivity contribution in [3.8, 4) is 6.07 Å². The van der Waals surface area contributed by atoms with Crippen molar-refractivity contribution in [3.05, 3.63) is 65.7 Å². The van der Waals surface area contributed by atoms with E-state index >= 15 is 0 Å². The van der Waals surface area contributed by atoms with E-state index < -0.39 is 0 Å². The quantitative estimate of drug-likeness (QED) is 0.727. The van der Waals surface area contributed by atoms with Gasteiger partial charge in [0.1, 0.15) is 0 Å². The molecule has 2 heteroatoms. The molecule has 0 atom stereocenters. The van der Waals surface area contributed by atoms with Crippen LogP contribution in [0.1, 0.15) is 24.0 Å². The summed E-state index contributed by atoms with van der Waals surface area (Å²) >= 11 is 0. The number of aryl methyl sites for hydroxylation is 1. The molecular weight excluding hydrogens is 244 g/mol. The van der Waals surface area contributed by atoms with Crippen LogP contribution in [0, 0.1) is 18.3 Å². The van der Waals surface area contributed by atoms with E-state index in [2.05, 4.69) is 66.4 Å². The lowest BCUT2D eigenvalue weighted by Crippen LogP contribution is -2.23. The van der Waals surface area contributed by atoms with E-state index in [0.29, 0.717) is 6.42 Å². The van der Waals surface area contributed by atoms with Gasteiger partial charge in [-0.15, -0.1) is 0 Å². The first kappa shape index (κ1) is 14.1. The molecule has 2 nitrogen and oxygen atoms in total. The van der Waals surface area contributed by atoms with E-state index in [4.69, 9.17) is 5.26 Å². The molecule has 0 aliphatic rings. The molecule has 20 heavy (non-hydrogen) atoms. The number of benzene rings is 2. The number of anilines is 1. The average Bonchev–Trinajstić information content (AvgIpc) is 2.48. The summed E-state index contributed by atoms with van der Waals surface area (Å²) in [6.07, 6.45) is 1.51.